The molecule has 3 unspecified atom stereocenters. The monoisotopic (exact) mass is 488 g/mol. The topological polar surface area (TPSA) is 58.2 Å². The lowest BCUT2D eigenvalue weighted by Crippen LogP contribution is -2.29. The maximum absolute atomic E-state index is 13.4. The van der Waals surface area contributed by atoms with Gasteiger partial charge >= 0.3 is 6.18 Å². The summed E-state index contributed by atoms with van der Waals surface area (Å²) in [6.07, 6.45) is 0.282. The van der Waals surface area contributed by atoms with Crippen molar-refractivity contribution >= 4 is 21.4 Å². The Hall–Kier alpha value is -3.33. The van der Waals surface area contributed by atoms with E-state index in [2.05, 4.69) is 10.0 Å². The average Bonchev–Trinajstić information content (AvgIpc) is 3.28. The van der Waals surface area contributed by atoms with Crippen LogP contribution in [0.5, 0.6) is 0 Å². The summed E-state index contributed by atoms with van der Waals surface area (Å²) in [5.74, 6) is -0.244. The second-order valence-electron chi connectivity index (χ2n) is 8.46. The van der Waals surface area contributed by atoms with E-state index < -0.39 is 21.8 Å². The molecule has 4 nitrogen and oxygen atoms in total. The van der Waals surface area contributed by atoms with Gasteiger partial charge in [-0.1, -0.05) is 30.4 Å². The zero-order chi connectivity index (χ0) is 24.1. The summed E-state index contributed by atoms with van der Waals surface area (Å²) in [7, 11) is -4.12. The van der Waals surface area contributed by atoms with E-state index >= 15 is 0 Å². The van der Waals surface area contributed by atoms with Gasteiger partial charge in [0, 0.05) is 17.3 Å². The van der Waals surface area contributed by atoms with E-state index in [0.29, 0.717) is 0 Å². The van der Waals surface area contributed by atoms with E-state index in [0.717, 1.165) is 41.4 Å². The Bertz CT molecular complexity index is 1370. The maximum atomic E-state index is 13.4. The number of hydrogen-bond acceptors (Lipinski definition) is 3. The van der Waals surface area contributed by atoms with Crippen molar-refractivity contribution in [1.82, 2.24) is 0 Å². The van der Waals surface area contributed by atoms with E-state index in [1.807, 2.05) is 12.2 Å². The summed E-state index contributed by atoms with van der Waals surface area (Å²) >= 11 is 0. The number of halogens is 4. The number of hydrogen-bond donors (Lipinski definition) is 2. The van der Waals surface area contributed by atoms with Crippen molar-refractivity contribution in [2.24, 2.45) is 5.92 Å². The number of benzene rings is 3. The van der Waals surface area contributed by atoms with Crippen molar-refractivity contribution in [3.63, 3.8) is 0 Å². The number of sulfonamides is 1. The smallest absolute Gasteiger partial charge is 0.378 e. The Kier molecular flexibility index (Phi) is 5.39. The van der Waals surface area contributed by atoms with Crippen LogP contribution in [-0.2, 0) is 16.2 Å². The molecular weight excluding hydrogens is 468 g/mol. The number of alkyl halides is 3. The SMILES string of the molecule is O=S(=O)(Nc1cccc(C(F)(F)F)c1)c1ccc2c(c1)C1C=CCC1C(c1ccc(F)cc1)N2. The molecule has 0 fully saturated rings. The predicted molar refractivity (Wildman–Crippen MR) is 121 cm³/mol. The van der Waals surface area contributed by atoms with Crippen LogP contribution in [-0.4, -0.2) is 8.42 Å². The highest BCUT2D eigenvalue weighted by Gasteiger charge is 2.38. The molecule has 176 valence electrons. The minimum absolute atomic E-state index is 0.0373. The highest BCUT2D eigenvalue weighted by Crippen LogP contribution is 2.50. The van der Waals surface area contributed by atoms with Crippen LogP contribution < -0.4 is 10.0 Å². The van der Waals surface area contributed by atoms with Gasteiger partial charge in [0.05, 0.1) is 16.5 Å². The largest absolute Gasteiger partial charge is 0.416 e. The fraction of sp³-hybridized carbons (Fsp3) is 0.200. The van der Waals surface area contributed by atoms with Gasteiger partial charge in [-0.3, -0.25) is 4.72 Å². The molecule has 0 saturated heterocycles. The average molecular weight is 489 g/mol. The first-order valence-electron chi connectivity index (χ1n) is 10.6. The summed E-state index contributed by atoms with van der Waals surface area (Å²) in [5.41, 5.74) is 1.40. The number of allylic oxidation sites excluding steroid dienone is 2. The van der Waals surface area contributed by atoms with Gasteiger partial charge in [-0.25, -0.2) is 12.8 Å². The third-order valence-electron chi connectivity index (χ3n) is 6.32. The first-order chi connectivity index (χ1) is 16.1. The van der Waals surface area contributed by atoms with Crippen LogP contribution in [0.4, 0.5) is 28.9 Å². The van der Waals surface area contributed by atoms with Crippen molar-refractivity contribution < 1.29 is 26.0 Å². The van der Waals surface area contributed by atoms with Gasteiger partial charge in [-0.05, 0) is 72.0 Å². The minimum Gasteiger partial charge on any atom is -0.378 e. The lowest BCUT2D eigenvalue weighted by molar-refractivity contribution is -0.137. The molecule has 1 heterocycles. The molecular formula is C25H20F4N2O2S. The number of nitrogens with one attached hydrogen (secondary N) is 2. The fourth-order valence-electron chi connectivity index (χ4n) is 4.71. The van der Waals surface area contributed by atoms with Gasteiger partial charge in [-0.2, -0.15) is 13.2 Å². The molecule has 3 atom stereocenters. The van der Waals surface area contributed by atoms with Gasteiger partial charge in [0.15, 0.2) is 0 Å². The molecule has 1 aliphatic carbocycles. The van der Waals surface area contributed by atoms with Gasteiger partial charge in [0.25, 0.3) is 10.0 Å². The lowest BCUT2D eigenvalue weighted by Gasteiger charge is -2.37. The lowest BCUT2D eigenvalue weighted by atomic mass is 9.77. The quantitative estimate of drug-likeness (QED) is 0.327. The fourth-order valence-corrected chi connectivity index (χ4v) is 5.80. The first-order valence-corrected chi connectivity index (χ1v) is 12.1. The van der Waals surface area contributed by atoms with Gasteiger partial charge in [-0.15, -0.1) is 0 Å². The zero-order valence-corrected chi connectivity index (χ0v) is 18.5. The van der Waals surface area contributed by atoms with Crippen LogP contribution in [0.25, 0.3) is 0 Å². The minimum atomic E-state index is -4.58. The molecule has 2 N–H and O–H groups in total. The van der Waals surface area contributed by atoms with Crippen molar-refractivity contribution in [2.75, 3.05) is 10.0 Å². The van der Waals surface area contributed by atoms with Crippen LogP contribution in [0.2, 0.25) is 0 Å². The van der Waals surface area contributed by atoms with Crippen LogP contribution in [0, 0.1) is 11.7 Å². The van der Waals surface area contributed by atoms with E-state index in [1.54, 1.807) is 24.3 Å². The normalized spacial score (nSPS) is 21.5. The Morgan fingerprint density at radius 3 is 2.47 bits per heavy atom. The van der Waals surface area contributed by atoms with E-state index in [9.17, 15) is 26.0 Å². The summed E-state index contributed by atoms with van der Waals surface area (Å²) in [6.45, 7) is 0. The first kappa shape index (κ1) is 22.5. The summed E-state index contributed by atoms with van der Waals surface area (Å²) < 4.78 is 80.6. The molecule has 0 spiro atoms. The maximum Gasteiger partial charge on any atom is 0.416 e. The van der Waals surface area contributed by atoms with Crippen molar-refractivity contribution in [3.05, 3.63) is 101 Å². The Morgan fingerprint density at radius 1 is 0.971 bits per heavy atom. The number of anilines is 2. The van der Waals surface area contributed by atoms with Gasteiger partial charge < -0.3 is 5.32 Å². The highest BCUT2D eigenvalue weighted by atomic mass is 32.2. The van der Waals surface area contributed by atoms with Crippen molar-refractivity contribution in [3.8, 4) is 0 Å². The standard InChI is InChI=1S/C25H20F4N2O2S/c26-17-9-7-15(8-10-17)24-21-6-2-5-20(21)22-14-19(11-12-23(22)30-24)34(32,33)31-18-4-1-3-16(13-18)25(27,28)29/h1-5,7-14,20-21,24,30-31H,6H2. The third kappa shape index (κ3) is 4.16. The van der Waals surface area contributed by atoms with Crippen molar-refractivity contribution in [1.29, 1.82) is 0 Å². The molecule has 1 aliphatic heterocycles. The number of rotatable bonds is 4. The second-order valence-corrected chi connectivity index (χ2v) is 10.1. The van der Waals surface area contributed by atoms with Crippen LogP contribution in [0.15, 0.2) is 83.8 Å². The molecule has 2 aliphatic rings. The predicted octanol–water partition coefficient (Wildman–Crippen LogP) is 6.47. The second kappa shape index (κ2) is 8.16. The third-order valence-corrected chi connectivity index (χ3v) is 7.69. The number of fused-ring (bicyclic) bond motifs is 3. The zero-order valence-electron chi connectivity index (χ0n) is 17.7. The molecule has 5 rings (SSSR count). The van der Waals surface area contributed by atoms with Crippen LogP contribution >= 0.6 is 0 Å². The van der Waals surface area contributed by atoms with Gasteiger partial charge in [0.2, 0.25) is 0 Å². The highest BCUT2D eigenvalue weighted by molar-refractivity contribution is 7.92. The molecule has 0 amide bonds. The molecule has 3 aromatic carbocycles. The Morgan fingerprint density at radius 2 is 1.74 bits per heavy atom. The Labute approximate surface area is 194 Å². The Balaban J connectivity index is 1.46. The summed E-state index contributed by atoms with van der Waals surface area (Å²) in [6, 6.07) is 15.0. The van der Waals surface area contributed by atoms with E-state index in [1.165, 1.54) is 24.3 Å². The molecule has 9 heteroatoms. The molecule has 34 heavy (non-hydrogen) atoms. The molecule has 0 saturated carbocycles. The van der Waals surface area contributed by atoms with E-state index in [4.69, 9.17) is 0 Å². The van der Waals surface area contributed by atoms with E-state index in [-0.39, 0.29) is 34.3 Å². The van der Waals surface area contributed by atoms with Gasteiger partial charge in [0.1, 0.15) is 5.82 Å². The van der Waals surface area contributed by atoms with Crippen molar-refractivity contribution in [2.45, 2.75) is 29.5 Å². The van der Waals surface area contributed by atoms with Crippen LogP contribution in [0.1, 0.15) is 35.1 Å². The molecule has 0 bridgehead atoms. The molecule has 0 radical (unpaired) electrons. The summed E-state index contributed by atoms with van der Waals surface area (Å²) in [5, 5.41) is 3.45. The summed E-state index contributed by atoms with van der Waals surface area (Å²) in [4.78, 5) is -0.0373. The van der Waals surface area contributed by atoms with Crippen LogP contribution in [0.3, 0.4) is 0 Å². The molecule has 0 aromatic heterocycles. The molecule has 3 aromatic rings.